The molecular formula is C19H23N3O3. The van der Waals surface area contributed by atoms with Gasteiger partial charge in [-0.3, -0.25) is 9.59 Å². The van der Waals surface area contributed by atoms with E-state index in [1.165, 1.54) is 0 Å². The van der Waals surface area contributed by atoms with Gasteiger partial charge in [-0.2, -0.15) is 0 Å². The van der Waals surface area contributed by atoms with Crippen LogP contribution in [0.25, 0.3) is 0 Å². The molecule has 1 aliphatic rings. The quantitative estimate of drug-likeness (QED) is 0.891. The van der Waals surface area contributed by atoms with Crippen molar-refractivity contribution in [1.29, 1.82) is 0 Å². The van der Waals surface area contributed by atoms with Crippen LogP contribution in [0.1, 0.15) is 38.5 Å². The lowest BCUT2D eigenvalue weighted by atomic mass is 9.86. The van der Waals surface area contributed by atoms with Gasteiger partial charge < -0.3 is 15.2 Å². The molecule has 6 heteroatoms. The molecule has 0 radical (unpaired) electrons. The minimum atomic E-state index is -0.321. The lowest BCUT2D eigenvalue weighted by Gasteiger charge is -2.23. The van der Waals surface area contributed by atoms with Gasteiger partial charge in [0.2, 0.25) is 11.8 Å². The predicted octanol–water partition coefficient (Wildman–Crippen LogP) is 3.49. The van der Waals surface area contributed by atoms with Gasteiger partial charge in [0.1, 0.15) is 5.76 Å². The van der Waals surface area contributed by atoms with Crippen molar-refractivity contribution >= 4 is 23.3 Å². The van der Waals surface area contributed by atoms with E-state index in [2.05, 4.69) is 36.6 Å². The third-order valence-corrected chi connectivity index (χ3v) is 4.34. The number of rotatable bonds is 4. The van der Waals surface area contributed by atoms with Crippen LogP contribution in [0.5, 0.6) is 0 Å². The Bertz CT molecular complexity index is 804. The molecule has 3 rings (SSSR count). The van der Waals surface area contributed by atoms with Crippen LogP contribution in [-0.2, 0) is 15.0 Å². The van der Waals surface area contributed by atoms with Crippen LogP contribution in [0.4, 0.5) is 11.5 Å². The van der Waals surface area contributed by atoms with Crippen molar-refractivity contribution in [2.45, 2.75) is 39.5 Å². The van der Waals surface area contributed by atoms with Gasteiger partial charge in [0.15, 0.2) is 5.82 Å². The first-order valence-electron chi connectivity index (χ1n) is 8.40. The summed E-state index contributed by atoms with van der Waals surface area (Å²) in [5.74, 6) is 0.0661. The van der Waals surface area contributed by atoms with Gasteiger partial charge in [0, 0.05) is 11.8 Å². The van der Waals surface area contributed by atoms with Gasteiger partial charge in [-0.1, -0.05) is 44.1 Å². The van der Waals surface area contributed by atoms with Crippen molar-refractivity contribution < 1.29 is 14.1 Å². The van der Waals surface area contributed by atoms with Gasteiger partial charge in [0.05, 0.1) is 11.8 Å². The molecule has 25 heavy (non-hydrogen) atoms. The molecule has 2 unspecified atom stereocenters. The first-order valence-corrected chi connectivity index (χ1v) is 8.40. The minimum Gasteiger partial charge on any atom is -0.360 e. The Labute approximate surface area is 147 Å². The standard InChI is InChI=1S/C19H23N3O3/c1-11-9-16(22-25-11)21-18(24)13-10-12(13)17(23)20-15-8-6-5-7-14(15)19(2,3)4/h5-9,12-13H,10H2,1-4H3,(H,20,23)(H,21,22,24). The van der Waals surface area contributed by atoms with Gasteiger partial charge >= 0.3 is 0 Å². The molecule has 0 bridgehead atoms. The Balaban J connectivity index is 1.62. The second kappa shape index (κ2) is 6.35. The Morgan fingerprint density at radius 1 is 1.12 bits per heavy atom. The third kappa shape index (κ3) is 3.90. The van der Waals surface area contributed by atoms with E-state index in [1.807, 2.05) is 24.3 Å². The normalized spacial score (nSPS) is 19.4. The summed E-state index contributed by atoms with van der Waals surface area (Å²) >= 11 is 0. The number of anilines is 2. The van der Waals surface area contributed by atoms with Crippen LogP contribution in [0.2, 0.25) is 0 Å². The van der Waals surface area contributed by atoms with E-state index in [-0.39, 0.29) is 29.1 Å². The summed E-state index contributed by atoms with van der Waals surface area (Å²) in [5.41, 5.74) is 1.80. The monoisotopic (exact) mass is 341 g/mol. The topological polar surface area (TPSA) is 84.2 Å². The van der Waals surface area contributed by atoms with Crippen LogP contribution in [-0.4, -0.2) is 17.0 Å². The van der Waals surface area contributed by atoms with E-state index in [1.54, 1.807) is 13.0 Å². The summed E-state index contributed by atoms with van der Waals surface area (Å²) in [6.07, 6.45) is 0.548. The number of hydrogen-bond acceptors (Lipinski definition) is 4. The Kier molecular flexibility index (Phi) is 4.37. The number of nitrogens with zero attached hydrogens (tertiary/aromatic N) is 1. The summed E-state index contributed by atoms with van der Waals surface area (Å²) in [5, 5.41) is 9.40. The highest BCUT2D eigenvalue weighted by Gasteiger charge is 2.48. The van der Waals surface area contributed by atoms with E-state index in [0.717, 1.165) is 11.3 Å². The van der Waals surface area contributed by atoms with Crippen molar-refractivity contribution in [2.24, 2.45) is 11.8 Å². The summed E-state index contributed by atoms with van der Waals surface area (Å²) < 4.78 is 4.92. The molecule has 0 spiro atoms. The highest BCUT2D eigenvalue weighted by Crippen LogP contribution is 2.41. The largest absolute Gasteiger partial charge is 0.360 e. The number of hydrogen-bond donors (Lipinski definition) is 2. The van der Waals surface area contributed by atoms with Crippen molar-refractivity contribution in [3.63, 3.8) is 0 Å². The molecule has 1 saturated carbocycles. The fourth-order valence-corrected chi connectivity index (χ4v) is 2.89. The molecule has 1 heterocycles. The average Bonchev–Trinajstić information content (AvgIpc) is 3.24. The molecule has 2 atom stereocenters. The zero-order valence-electron chi connectivity index (χ0n) is 14.9. The second-order valence-corrected chi connectivity index (χ2v) is 7.55. The lowest BCUT2D eigenvalue weighted by molar-refractivity contribution is -0.122. The molecule has 2 aromatic rings. The number of benzene rings is 1. The van der Waals surface area contributed by atoms with E-state index in [0.29, 0.717) is 18.0 Å². The number of aryl methyl sites for hydroxylation is 1. The maximum Gasteiger partial charge on any atom is 0.229 e. The number of carbonyl (C=O) groups excluding carboxylic acids is 2. The number of carbonyl (C=O) groups is 2. The molecule has 1 aromatic heterocycles. The second-order valence-electron chi connectivity index (χ2n) is 7.55. The number of amides is 2. The van der Waals surface area contributed by atoms with Gasteiger partial charge in [-0.05, 0) is 30.4 Å². The summed E-state index contributed by atoms with van der Waals surface area (Å²) in [6, 6.07) is 9.42. The molecule has 1 fully saturated rings. The van der Waals surface area contributed by atoms with Gasteiger partial charge in [-0.15, -0.1) is 0 Å². The minimum absolute atomic E-state index is 0.0744. The summed E-state index contributed by atoms with van der Waals surface area (Å²) in [4.78, 5) is 24.7. The molecular weight excluding hydrogens is 318 g/mol. The molecule has 6 nitrogen and oxygen atoms in total. The lowest BCUT2D eigenvalue weighted by Crippen LogP contribution is -2.22. The SMILES string of the molecule is Cc1cc(NC(=O)C2CC2C(=O)Nc2ccccc2C(C)(C)C)no1. The van der Waals surface area contributed by atoms with Crippen LogP contribution >= 0.6 is 0 Å². The molecule has 132 valence electrons. The first kappa shape index (κ1) is 17.2. The highest BCUT2D eigenvalue weighted by molar-refractivity contribution is 6.03. The van der Waals surface area contributed by atoms with E-state index >= 15 is 0 Å². The molecule has 0 saturated heterocycles. The van der Waals surface area contributed by atoms with Crippen LogP contribution in [0.15, 0.2) is 34.9 Å². The van der Waals surface area contributed by atoms with Crippen molar-refractivity contribution in [3.05, 3.63) is 41.7 Å². The Hall–Kier alpha value is -2.63. The number of para-hydroxylation sites is 1. The van der Waals surface area contributed by atoms with E-state index < -0.39 is 0 Å². The fourth-order valence-electron chi connectivity index (χ4n) is 2.89. The average molecular weight is 341 g/mol. The number of aromatic nitrogens is 1. The van der Waals surface area contributed by atoms with Crippen LogP contribution in [0, 0.1) is 18.8 Å². The van der Waals surface area contributed by atoms with Crippen molar-refractivity contribution in [1.82, 2.24) is 5.16 Å². The highest BCUT2D eigenvalue weighted by atomic mass is 16.5. The summed E-state index contributed by atoms with van der Waals surface area (Å²) in [6.45, 7) is 8.06. The van der Waals surface area contributed by atoms with Crippen LogP contribution in [0.3, 0.4) is 0 Å². The molecule has 1 aromatic carbocycles. The number of nitrogens with one attached hydrogen (secondary N) is 2. The van der Waals surface area contributed by atoms with Crippen molar-refractivity contribution in [2.75, 3.05) is 10.6 Å². The van der Waals surface area contributed by atoms with Gasteiger partial charge in [0.25, 0.3) is 0 Å². The third-order valence-electron chi connectivity index (χ3n) is 4.34. The fraction of sp³-hybridized carbons (Fsp3) is 0.421. The van der Waals surface area contributed by atoms with Crippen LogP contribution < -0.4 is 10.6 Å². The first-order chi connectivity index (χ1) is 11.8. The Morgan fingerprint density at radius 3 is 2.36 bits per heavy atom. The van der Waals surface area contributed by atoms with Crippen molar-refractivity contribution in [3.8, 4) is 0 Å². The smallest absolute Gasteiger partial charge is 0.229 e. The molecule has 1 aliphatic carbocycles. The van der Waals surface area contributed by atoms with E-state index in [4.69, 9.17) is 4.52 Å². The molecule has 2 amide bonds. The zero-order valence-corrected chi connectivity index (χ0v) is 14.9. The van der Waals surface area contributed by atoms with E-state index in [9.17, 15) is 9.59 Å². The molecule has 2 N–H and O–H groups in total. The zero-order chi connectivity index (χ0) is 18.2. The predicted molar refractivity (Wildman–Crippen MR) is 95.2 cm³/mol. The maximum absolute atomic E-state index is 12.5. The summed E-state index contributed by atoms with van der Waals surface area (Å²) in [7, 11) is 0. The maximum atomic E-state index is 12.5. The van der Waals surface area contributed by atoms with Gasteiger partial charge in [-0.25, -0.2) is 0 Å². The molecule has 0 aliphatic heterocycles. The Morgan fingerprint density at radius 2 is 1.76 bits per heavy atom.